The Morgan fingerprint density at radius 2 is 1.96 bits per heavy atom. The zero-order valence-corrected chi connectivity index (χ0v) is 15.3. The Labute approximate surface area is 151 Å². The molecule has 0 amide bonds. The number of benzene rings is 1. The third-order valence-corrected chi connectivity index (χ3v) is 4.93. The Morgan fingerprint density at radius 3 is 2.68 bits per heavy atom. The summed E-state index contributed by atoms with van der Waals surface area (Å²) in [5.74, 6) is 1.03. The van der Waals surface area contributed by atoms with Crippen molar-refractivity contribution in [3.63, 3.8) is 0 Å². The van der Waals surface area contributed by atoms with Gasteiger partial charge in [0.25, 0.3) is 0 Å². The lowest BCUT2D eigenvalue weighted by Crippen LogP contribution is -2.50. The van der Waals surface area contributed by atoms with Crippen molar-refractivity contribution in [1.82, 2.24) is 10.3 Å². The minimum absolute atomic E-state index is 0.188. The first kappa shape index (κ1) is 17.9. The van der Waals surface area contributed by atoms with Crippen molar-refractivity contribution in [2.24, 2.45) is 5.41 Å². The molecule has 0 bridgehead atoms. The molecule has 134 valence electrons. The van der Waals surface area contributed by atoms with E-state index in [1.54, 1.807) is 0 Å². The lowest BCUT2D eigenvalue weighted by atomic mass is 9.82. The first-order chi connectivity index (χ1) is 12.1. The van der Waals surface area contributed by atoms with Gasteiger partial charge in [-0.25, -0.2) is 4.98 Å². The van der Waals surface area contributed by atoms with Crippen LogP contribution in [0.1, 0.15) is 25.8 Å². The minimum Gasteiger partial charge on any atom is -0.381 e. The summed E-state index contributed by atoms with van der Waals surface area (Å²) in [5.41, 5.74) is 1.49. The second-order valence-corrected chi connectivity index (χ2v) is 7.43. The van der Waals surface area contributed by atoms with Gasteiger partial charge in [-0.3, -0.25) is 0 Å². The highest BCUT2D eigenvalue weighted by atomic mass is 16.5. The fraction of sp³-hybridized carbons (Fsp3) is 0.476. The molecule has 1 aliphatic rings. The van der Waals surface area contributed by atoms with E-state index in [-0.39, 0.29) is 5.41 Å². The molecule has 1 unspecified atom stereocenters. The fourth-order valence-corrected chi connectivity index (χ4v) is 3.40. The maximum absolute atomic E-state index is 5.63. The van der Waals surface area contributed by atoms with E-state index in [4.69, 9.17) is 4.74 Å². The van der Waals surface area contributed by atoms with Crippen LogP contribution in [-0.2, 0) is 11.3 Å². The molecule has 4 nitrogen and oxygen atoms in total. The van der Waals surface area contributed by atoms with Crippen molar-refractivity contribution in [2.75, 3.05) is 31.2 Å². The lowest BCUT2D eigenvalue weighted by molar-refractivity contribution is -0.0127. The van der Waals surface area contributed by atoms with Crippen LogP contribution in [-0.4, -0.2) is 37.3 Å². The molecular weight excluding hydrogens is 310 g/mol. The molecule has 4 heteroatoms. The average Bonchev–Trinajstić information content (AvgIpc) is 2.63. The predicted octanol–water partition coefficient (Wildman–Crippen LogP) is 3.49. The van der Waals surface area contributed by atoms with Gasteiger partial charge < -0.3 is 15.0 Å². The summed E-state index contributed by atoms with van der Waals surface area (Å²) in [7, 11) is 0. The first-order valence-electron chi connectivity index (χ1n) is 9.16. The Balaban J connectivity index is 1.62. The lowest BCUT2D eigenvalue weighted by Gasteiger charge is -2.39. The Morgan fingerprint density at radius 1 is 1.16 bits per heavy atom. The largest absolute Gasteiger partial charge is 0.381 e. The van der Waals surface area contributed by atoms with Crippen LogP contribution in [0.25, 0.3) is 0 Å². The van der Waals surface area contributed by atoms with Crippen molar-refractivity contribution in [2.45, 2.75) is 32.9 Å². The molecular formula is C21H29N3O. The van der Waals surface area contributed by atoms with Crippen LogP contribution in [0, 0.1) is 5.41 Å². The van der Waals surface area contributed by atoms with E-state index in [1.165, 1.54) is 5.56 Å². The molecule has 1 N–H and O–H groups in total. The number of hydrogen-bond acceptors (Lipinski definition) is 4. The zero-order chi connectivity index (χ0) is 17.5. The van der Waals surface area contributed by atoms with Crippen LogP contribution >= 0.6 is 0 Å². The van der Waals surface area contributed by atoms with Crippen molar-refractivity contribution >= 4 is 5.82 Å². The van der Waals surface area contributed by atoms with Crippen molar-refractivity contribution in [3.8, 4) is 0 Å². The number of pyridine rings is 1. The summed E-state index contributed by atoms with van der Waals surface area (Å²) >= 11 is 0. The van der Waals surface area contributed by atoms with Crippen LogP contribution in [0.15, 0.2) is 54.7 Å². The minimum atomic E-state index is 0.188. The van der Waals surface area contributed by atoms with Crippen LogP contribution in [0.3, 0.4) is 0 Å². The normalized spacial score (nSPS) is 19.5. The van der Waals surface area contributed by atoms with E-state index in [9.17, 15) is 0 Å². The first-order valence-corrected chi connectivity index (χ1v) is 9.16. The van der Waals surface area contributed by atoms with Crippen LogP contribution < -0.4 is 10.2 Å². The number of rotatable bonds is 7. The molecule has 2 heterocycles. The van der Waals surface area contributed by atoms with Gasteiger partial charge in [-0.15, -0.1) is 0 Å². The van der Waals surface area contributed by atoms with Gasteiger partial charge in [-0.05, 0) is 24.1 Å². The van der Waals surface area contributed by atoms with Gasteiger partial charge in [-0.1, -0.05) is 50.2 Å². The second-order valence-electron chi connectivity index (χ2n) is 7.43. The van der Waals surface area contributed by atoms with Crippen molar-refractivity contribution < 1.29 is 4.74 Å². The second kappa shape index (κ2) is 8.45. The quantitative estimate of drug-likeness (QED) is 0.838. The summed E-state index contributed by atoms with van der Waals surface area (Å²) in [5, 5.41) is 3.75. The van der Waals surface area contributed by atoms with Crippen LogP contribution in [0.2, 0.25) is 0 Å². The third kappa shape index (κ3) is 5.03. The number of nitrogens with zero attached hydrogens (tertiary/aromatic N) is 2. The summed E-state index contributed by atoms with van der Waals surface area (Å²) in [6.07, 6.45) is 2.94. The number of aromatic nitrogens is 1. The fourth-order valence-electron chi connectivity index (χ4n) is 3.40. The molecule has 1 fully saturated rings. The van der Waals surface area contributed by atoms with Gasteiger partial charge in [0, 0.05) is 43.9 Å². The van der Waals surface area contributed by atoms with E-state index in [1.807, 2.05) is 12.3 Å². The smallest absolute Gasteiger partial charge is 0.128 e. The Hall–Kier alpha value is -1.91. The molecule has 0 radical (unpaired) electrons. The van der Waals surface area contributed by atoms with Gasteiger partial charge in [0.15, 0.2) is 0 Å². The number of nitrogens with one attached hydrogen (secondary N) is 1. The van der Waals surface area contributed by atoms with Gasteiger partial charge in [0.1, 0.15) is 5.82 Å². The zero-order valence-electron chi connectivity index (χ0n) is 15.3. The monoisotopic (exact) mass is 339 g/mol. The maximum Gasteiger partial charge on any atom is 0.128 e. The Bertz CT molecular complexity index is 630. The topological polar surface area (TPSA) is 37.4 Å². The predicted molar refractivity (Wildman–Crippen MR) is 103 cm³/mol. The number of ether oxygens (including phenoxy) is 1. The molecule has 1 saturated heterocycles. The molecule has 1 aromatic heterocycles. The molecule has 1 atom stereocenters. The highest BCUT2D eigenvalue weighted by molar-refractivity contribution is 5.39. The summed E-state index contributed by atoms with van der Waals surface area (Å²) in [4.78, 5) is 6.89. The summed E-state index contributed by atoms with van der Waals surface area (Å²) in [6.45, 7) is 9.00. The molecule has 2 aromatic rings. The SMILES string of the molecule is CC1(C)COCCC1NCCN(Cc1ccccc1)c1ccccn1. The number of anilines is 1. The maximum atomic E-state index is 5.63. The summed E-state index contributed by atoms with van der Waals surface area (Å²) < 4.78 is 5.63. The van der Waals surface area contributed by atoms with Crippen molar-refractivity contribution in [1.29, 1.82) is 0 Å². The highest BCUT2D eigenvalue weighted by Crippen LogP contribution is 2.27. The van der Waals surface area contributed by atoms with E-state index in [0.717, 1.165) is 45.1 Å². The Kier molecular flexibility index (Phi) is 6.05. The standard InChI is InChI=1S/C21H29N3O/c1-21(2)17-25-15-11-19(21)22-13-14-24(20-10-6-7-12-23-20)16-18-8-4-3-5-9-18/h3-10,12,19,22H,11,13-17H2,1-2H3. The third-order valence-electron chi connectivity index (χ3n) is 4.93. The molecule has 25 heavy (non-hydrogen) atoms. The van der Waals surface area contributed by atoms with E-state index in [0.29, 0.717) is 6.04 Å². The van der Waals surface area contributed by atoms with E-state index in [2.05, 4.69) is 71.5 Å². The van der Waals surface area contributed by atoms with Crippen LogP contribution in [0.5, 0.6) is 0 Å². The molecule has 0 aliphatic carbocycles. The van der Waals surface area contributed by atoms with Crippen LogP contribution in [0.4, 0.5) is 5.82 Å². The molecule has 0 spiro atoms. The average molecular weight is 339 g/mol. The van der Waals surface area contributed by atoms with Gasteiger partial charge in [0.2, 0.25) is 0 Å². The van der Waals surface area contributed by atoms with Gasteiger partial charge in [0.05, 0.1) is 6.61 Å². The summed E-state index contributed by atoms with van der Waals surface area (Å²) in [6, 6.07) is 17.2. The van der Waals surface area contributed by atoms with Gasteiger partial charge >= 0.3 is 0 Å². The van der Waals surface area contributed by atoms with Crippen molar-refractivity contribution in [3.05, 3.63) is 60.3 Å². The molecule has 1 aliphatic heterocycles. The highest BCUT2D eigenvalue weighted by Gasteiger charge is 2.32. The van der Waals surface area contributed by atoms with E-state index < -0.39 is 0 Å². The molecule has 1 aromatic carbocycles. The number of hydrogen-bond donors (Lipinski definition) is 1. The molecule has 0 saturated carbocycles. The van der Waals surface area contributed by atoms with Gasteiger partial charge in [-0.2, -0.15) is 0 Å². The van der Waals surface area contributed by atoms with E-state index >= 15 is 0 Å². The molecule has 3 rings (SSSR count).